The van der Waals surface area contributed by atoms with E-state index in [1.807, 2.05) is 42.3 Å². The number of nitrogens with zero attached hydrogens (tertiary/aromatic N) is 2. The summed E-state index contributed by atoms with van der Waals surface area (Å²) in [4.78, 5) is 17.0. The predicted octanol–water partition coefficient (Wildman–Crippen LogP) is 2.53. The molecule has 1 fully saturated rings. The Morgan fingerprint density at radius 3 is 2.64 bits per heavy atom. The van der Waals surface area contributed by atoms with E-state index in [2.05, 4.69) is 24.1 Å². The third-order valence-electron chi connectivity index (χ3n) is 4.10. The summed E-state index contributed by atoms with van der Waals surface area (Å²) in [5, 5.41) is 3.23. The predicted molar refractivity (Wildman–Crippen MR) is 94.8 cm³/mol. The fraction of sp³-hybridized carbons (Fsp3) is 0.588. The van der Waals surface area contributed by atoms with Crippen LogP contribution in [-0.2, 0) is 4.79 Å². The van der Waals surface area contributed by atoms with Crippen LogP contribution in [-0.4, -0.2) is 49.6 Å². The largest absolute Gasteiger partial charge is 0.318 e. The number of carbonyl (C=O) groups is 1. The molecule has 5 heteroatoms. The molecule has 0 aliphatic carbocycles. The molecular formula is C17H28ClN3O. The lowest BCUT2D eigenvalue weighted by molar-refractivity contribution is -0.120. The van der Waals surface area contributed by atoms with Crippen LogP contribution >= 0.6 is 12.4 Å². The number of hydrogen-bond donors (Lipinski definition) is 1. The van der Waals surface area contributed by atoms with E-state index in [-0.39, 0.29) is 24.4 Å². The molecular weight excluding hydrogens is 298 g/mol. The van der Waals surface area contributed by atoms with Gasteiger partial charge in [-0.05, 0) is 52.4 Å². The molecule has 1 N–H and O–H groups in total. The molecule has 1 saturated heterocycles. The van der Waals surface area contributed by atoms with Gasteiger partial charge >= 0.3 is 0 Å². The number of rotatable bonds is 6. The summed E-state index contributed by atoms with van der Waals surface area (Å²) in [5.41, 5.74) is 0.988. The Bertz CT molecular complexity index is 452. The SMILES string of the molecule is CNCC1CCCN1CC(=O)N(c1ccccc1)C(C)C.Cl. The Morgan fingerprint density at radius 1 is 1.36 bits per heavy atom. The van der Waals surface area contributed by atoms with Crippen molar-refractivity contribution in [3.8, 4) is 0 Å². The van der Waals surface area contributed by atoms with Gasteiger partial charge in [0.25, 0.3) is 0 Å². The Kier molecular flexibility index (Phi) is 7.87. The van der Waals surface area contributed by atoms with Crippen molar-refractivity contribution in [2.75, 3.05) is 31.6 Å². The molecule has 0 bridgehead atoms. The smallest absolute Gasteiger partial charge is 0.241 e. The number of carbonyl (C=O) groups excluding carboxylic acids is 1. The molecule has 0 aromatic heterocycles. The topological polar surface area (TPSA) is 35.6 Å². The lowest BCUT2D eigenvalue weighted by Crippen LogP contribution is -2.47. The summed E-state index contributed by atoms with van der Waals surface area (Å²) in [5.74, 6) is 0.194. The average Bonchev–Trinajstić information content (AvgIpc) is 2.87. The molecule has 1 aromatic carbocycles. The highest BCUT2D eigenvalue weighted by Gasteiger charge is 2.28. The molecule has 1 amide bonds. The summed E-state index contributed by atoms with van der Waals surface area (Å²) in [6, 6.07) is 10.6. The number of halogens is 1. The molecule has 0 spiro atoms. The van der Waals surface area contributed by atoms with Crippen LogP contribution < -0.4 is 10.2 Å². The van der Waals surface area contributed by atoms with Gasteiger partial charge < -0.3 is 10.2 Å². The number of likely N-dealkylation sites (N-methyl/N-ethyl adjacent to an activating group) is 1. The average molecular weight is 326 g/mol. The first-order valence-corrected chi connectivity index (χ1v) is 7.89. The van der Waals surface area contributed by atoms with Crippen molar-refractivity contribution in [1.82, 2.24) is 10.2 Å². The fourth-order valence-electron chi connectivity index (χ4n) is 3.14. The van der Waals surface area contributed by atoms with E-state index in [9.17, 15) is 4.79 Å². The van der Waals surface area contributed by atoms with Gasteiger partial charge in [0.15, 0.2) is 0 Å². The molecule has 2 rings (SSSR count). The molecule has 1 aliphatic heterocycles. The number of nitrogens with one attached hydrogen (secondary N) is 1. The normalized spacial score (nSPS) is 18.3. The lowest BCUT2D eigenvalue weighted by atomic mass is 10.2. The third kappa shape index (κ3) is 4.70. The van der Waals surface area contributed by atoms with Crippen LogP contribution in [0.5, 0.6) is 0 Å². The van der Waals surface area contributed by atoms with Crippen molar-refractivity contribution in [3.05, 3.63) is 30.3 Å². The van der Waals surface area contributed by atoms with Crippen molar-refractivity contribution in [2.24, 2.45) is 0 Å². The zero-order chi connectivity index (χ0) is 15.2. The van der Waals surface area contributed by atoms with Crippen LogP contribution in [0.3, 0.4) is 0 Å². The summed E-state index contributed by atoms with van der Waals surface area (Å²) < 4.78 is 0. The van der Waals surface area contributed by atoms with Gasteiger partial charge in [0.1, 0.15) is 0 Å². The molecule has 1 unspecified atom stereocenters. The van der Waals surface area contributed by atoms with Crippen LogP contribution in [0, 0.1) is 0 Å². The summed E-state index contributed by atoms with van der Waals surface area (Å²) in [6.45, 7) is 6.64. The van der Waals surface area contributed by atoms with Crippen LogP contribution in [0.15, 0.2) is 30.3 Å². The summed E-state index contributed by atoms with van der Waals surface area (Å²) in [7, 11) is 1.97. The highest BCUT2D eigenvalue weighted by atomic mass is 35.5. The summed E-state index contributed by atoms with van der Waals surface area (Å²) >= 11 is 0. The highest BCUT2D eigenvalue weighted by molar-refractivity contribution is 5.95. The minimum Gasteiger partial charge on any atom is -0.318 e. The van der Waals surface area contributed by atoms with Gasteiger partial charge in [0.2, 0.25) is 5.91 Å². The molecule has 22 heavy (non-hydrogen) atoms. The Balaban J connectivity index is 0.00000242. The minimum absolute atomic E-state index is 0. The second kappa shape index (κ2) is 9.13. The zero-order valence-corrected chi connectivity index (χ0v) is 14.6. The van der Waals surface area contributed by atoms with Crippen LogP contribution in [0.4, 0.5) is 5.69 Å². The standard InChI is InChI=1S/C17H27N3O.ClH/c1-14(2)20(15-8-5-4-6-9-15)17(21)13-19-11-7-10-16(19)12-18-3;/h4-6,8-9,14,16,18H,7,10-13H2,1-3H3;1H. The quantitative estimate of drug-likeness (QED) is 0.873. The molecule has 0 radical (unpaired) electrons. The monoisotopic (exact) mass is 325 g/mol. The Hall–Kier alpha value is -1.10. The molecule has 1 aliphatic rings. The maximum atomic E-state index is 12.8. The maximum Gasteiger partial charge on any atom is 0.241 e. The van der Waals surface area contributed by atoms with Crippen molar-refractivity contribution in [3.63, 3.8) is 0 Å². The van der Waals surface area contributed by atoms with Gasteiger partial charge in [-0.1, -0.05) is 18.2 Å². The van der Waals surface area contributed by atoms with Crippen LogP contribution in [0.1, 0.15) is 26.7 Å². The first-order valence-electron chi connectivity index (χ1n) is 7.89. The van der Waals surface area contributed by atoms with E-state index in [0.717, 1.165) is 18.8 Å². The van der Waals surface area contributed by atoms with Gasteiger partial charge in [-0.3, -0.25) is 9.69 Å². The number of likely N-dealkylation sites (tertiary alicyclic amines) is 1. The number of para-hydroxylation sites is 1. The van der Waals surface area contributed by atoms with E-state index >= 15 is 0 Å². The molecule has 0 saturated carbocycles. The number of benzene rings is 1. The van der Waals surface area contributed by atoms with Crippen LogP contribution in [0.25, 0.3) is 0 Å². The molecule has 1 atom stereocenters. The van der Waals surface area contributed by atoms with E-state index in [4.69, 9.17) is 0 Å². The lowest BCUT2D eigenvalue weighted by Gasteiger charge is -2.31. The van der Waals surface area contributed by atoms with Crippen LogP contribution in [0.2, 0.25) is 0 Å². The van der Waals surface area contributed by atoms with Gasteiger partial charge in [-0.15, -0.1) is 12.4 Å². The first kappa shape index (κ1) is 18.9. The van der Waals surface area contributed by atoms with E-state index in [1.165, 1.54) is 12.8 Å². The second-order valence-electron chi connectivity index (χ2n) is 6.02. The fourth-order valence-corrected chi connectivity index (χ4v) is 3.14. The first-order chi connectivity index (χ1) is 10.1. The highest BCUT2D eigenvalue weighted by Crippen LogP contribution is 2.20. The van der Waals surface area contributed by atoms with Crippen molar-refractivity contribution in [2.45, 2.75) is 38.8 Å². The van der Waals surface area contributed by atoms with Gasteiger partial charge in [0.05, 0.1) is 6.54 Å². The molecule has 4 nitrogen and oxygen atoms in total. The van der Waals surface area contributed by atoms with Crippen molar-refractivity contribution >= 4 is 24.0 Å². The van der Waals surface area contributed by atoms with Crippen molar-refractivity contribution < 1.29 is 4.79 Å². The van der Waals surface area contributed by atoms with Gasteiger partial charge in [0, 0.05) is 24.3 Å². The Morgan fingerprint density at radius 2 is 2.05 bits per heavy atom. The zero-order valence-electron chi connectivity index (χ0n) is 13.8. The third-order valence-corrected chi connectivity index (χ3v) is 4.10. The summed E-state index contributed by atoms with van der Waals surface area (Å²) in [6.07, 6.45) is 2.37. The van der Waals surface area contributed by atoms with Gasteiger partial charge in [-0.2, -0.15) is 0 Å². The second-order valence-corrected chi connectivity index (χ2v) is 6.02. The molecule has 124 valence electrons. The molecule has 1 heterocycles. The van der Waals surface area contributed by atoms with E-state index in [0.29, 0.717) is 12.6 Å². The van der Waals surface area contributed by atoms with Gasteiger partial charge in [-0.25, -0.2) is 0 Å². The Labute approximate surface area is 140 Å². The van der Waals surface area contributed by atoms with E-state index in [1.54, 1.807) is 0 Å². The number of hydrogen-bond acceptors (Lipinski definition) is 3. The van der Waals surface area contributed by atoms with E-state index < -0.39 is 0 Å². The van der Waals surface area contributed by atoms with Crippen molar-refractivity contribution in [1.29, 1.82) is 0 Å². The number of anilines is 1. The minimum atomic E-state index is 0. The maximum absolute atomic E-state index is 12.8. The molecule has 1 aromatic rings. The number of amides is 1.